The SMILES string of the molecule is CC.CCC(=O)N1C[C@H](NC)[C@@H](c2ccccc2)C1. The van der Waals surface area contributed by atoms with E-state index in [1.807, 2.05) is 38.8 Å². The third-order valence-electron chi connectivity index (χ3n) is 3.57. The lowest BCUT2D eigenvalue weighted by atomic mass is 9.94. The molecule has 1 heterocycles. The number of likely N-dealkylation sites (tertiary alicyclic amines) is 1. The maximum absolute atomic E-state index is 11.8. The van der Waals surface area contributed by atoms with Gasteiger partial charge in [0.15, 0.2) is 0 Å². The van der Waals surface area contributed by atoms with Crippen molar-refractivity contribution >= 4 is 5.91 Å². The Kier molecular flexibility index (Phi) is 6.57. The molecule has 0 unspecified atom stereocenters. The summed E-state index contributed by atoms with van der Waals surface area (Å²) in [6.07, 6.45) is 0.595. The van der Waals surface area contributed by atoms with Gasteiger partial charge in [0.25, 0.3) is 0 Å². The van der Waals surface area contributed by atoms with Crippen molar-refractivity contribution in [2.75, 3.05) is 20.1 Å². The molecule has 0 bridgehead atoms. The number of hydrogen-bond donors (Lipinski definition) is 1. The number of likely N-dealkylation sites (N-methyl/N-ethyl adjacent to an activating group) is 1. The summed E-state index contributed by atoms with van der Waals surface area (Å²) in [5, 5.41) is 3.33. The highest BCUT2D eigenvalue weighted by molar-refractivity contribution is 5.76. The molecular weight excluding hydrogens is 236 g/mol. The molecule has 0 saturated carbocycles. The normalized spacial score (nSPS) is 21.8. The first-order chi connectivity index (χ1) is 9.26. The second kappa shape index (κ2) is 7.95. The summed E-state index contributed by atoms with van der Waals surface area (Å²) >= 11 is 0. The minimum absolute atomic E-state index is 0.253. The lowest BCUT2D eigenvalue weighted by Gasteiger charge is -2.17. The Labute approximate surface area is 117 Å². The highest BCUT2D eigenvalue weighted by atomic mass is 16.2. The van der Waals surface area contributed by atoms with E-state index in [1.165, 1.54) is 5.56 Å². The van der Waals surface area contributed by atoms with Crippen molar-refractivity contribution in [3.8, 4) is 0 Å². The summed E-state index contributed by atoms with van der Waals surface area (Å²) in [7, 11) is 1.97. The van der Waals surface area contributed by atoms with Crippen LogP contribution in [0.3, 0.4) is 0 Å². The summed E-state index contributed by atoms with van der Waals surface area (Å²) in [6, 6.07) is 10.8. The Balaban J connectivity index is 0.000000861. The summed E-state index contributed by atoms with van der Waals surface area (Å²) in [5.74, 6) is 0.667. The third-order valence-corrected chi connectivity index (χ3v) is 3.57. The number of benzene rings is 1. The van der Waals surface area contributed by atoms with Crippen molar-refractivity contribution in [1.82, 2.24) is 10.2 Å². The molecule has 1 N–H and O–H groups in total. The molecule has 0 spiro atoms. The molecule has 1 aromatic carbocycles. The summed E-state index contributed by atoms with van der Waals surface area (Å²) in [6.45, 7) is 7.58. The molecule has 0 aromatic heterocycles. The van der Waals surface area contributed by atoms with Gasteiger partial charge in [-0.25, -0.2) is 0 Å². The molecule has 3 nitrogen and oxygen atoms in total. The van der Waals surface area contributed by atoms with E-state index in [2.05, 4.69) is 29.6 Å². The zero-order valence-corrected chi connectivity index (χ0v) is 12.5. The van der Waals surface area contributed by atoms with E-state index in [1.54, 1.807) is 0 Å². The van der Waals surface area contributed by atoms with Crippen LogP contribution in [0.1, 0.15) is 38.7 Å². The van der Waals surface area contributed by atoms with Crippen molar-refractivity contribution in [2.24, 2.45) is 0 Å². The van der Waals surface area contributed by atoms with Crippen LogP contribution >= 0.6 is 0 Å². The van der Waals surface area contributed by atoms with Gasteiger partial charge in [0.1, 0.15) is 0 Å². The maximum atomic E-state index is 11.8. The fourth-order valence-electron chi connectivity index (χ4n) is 2.56. The molecule has 1 amide bonds. The van der Waals surface area contributed by atoms with Crippen molar-refractivity contribution in [3.05, 3.63) is 35.9 Å². The van der Waals surface area contributed by atoms with Crippen molar-refractivity contribution in [1.29, 1.82) is 0 Å². The number of carbonyl (C=O) groups excluding carboxylic acids is 1. The van der Waals surface area contributed by atoms with Gasteiger partial charge in [-0.1, -0.05) is 51.1 Å². The molecule has 2 rings (SSSR count). The van der Waals surface area contributed by atoms with Crippen LogP contribution in [0.25, 0.3) is 0 Å². The molecule has 1 saturated heterocycles. The van der Waals surface area contributed by atoms with E-state index in [0.29, 0.717) is 18.4 Å². The van der Waals surface area contributed by atoms with Gasteiger partial charge in [-0.05, 0) is 12.6 Å². The number of hydrogen-bond acceptors (Lipinski definition) is 2. The van der Waals surface area contributed by atoms with Gasteiger partial charge in [0.2, 0.25) is 5.91 Å². The predicted molar refractivity (Wildman–Crippen MR) is 80.2 cm³/mol. The van der Waals surface area contributed by atoms with Gasteiger partial charge >= 0.3 is 0 Å². The van der Waals surface area contributed by atoms with E-state index in [0.717, 1.165) is 13.1 Å². The van der Waals surface area contributed by atoms with Crippen LogP contribution in [0.5, 0.6) is 0 Å². The van der Waals surface area contributed by atoms with Gasteiger partial charge < -0.3 is 10.2 Å². The lowest BCUT2D eigenvalue weighted by molar-refractivity contribution is -0.129. The Morgan fingerprint density at radius 2 is 1.89 bits per heavy atom. The number of nitrogens with zero attached hydrogens (tertiary/aromatic N) is 1. The third kappa shape index (κ3) is 3.80. The van der Waals surface area contributed by atoms with Crippen LogP contribution in [0.4, 0.5) is 0 Å². The molecule has 106 valence electrons. The molecule has 1 aromatic rings. The topological polar surface area (TPSA) is 32.3 Å². The van der Waals surface area contributed by atoms with Crippen molar-refractivity contribution in [2.45, 2.75) is 39.2 Å². The van der Waals surface area contributed by atoms with E-state index < -0.39 is 0 Å². The predicted octanol–water partition coefficient (Wildman–Crippen LogP) is 2.64. The molecule has 1 aliphatic rings. The smallest absolute Gasteiger partial charge is 0.222 e. The van der Waals surface area contributed by atoms with Crippen LogP contribution in [0.15, 0.2) is 30.3 Å². The molecule has 3 heteroatoms. The Morgan fingerprint density at radius 1 is 1.26 bits per heavy atom. The first-order valence-electron chi connectivity index (χ1n) is 7.26. The number of carbonyl (C=O) groups is 1. The van der Waals surface area contributed by atoms with E-state index in [4.69, 9.17) is 0 Å². The molecule has 19 heavy (non-hydrogen) atoms. The van der Waals surface area contributed by atoms with Crippen molar-refractivity contribution < 1.29 is 4.79 Å². The fraction of sp³-hybridized carbons (Fsp3) is 0.562. The summed E-state index contributed by atoms with van der Waals surface area (Å²) < 4.78 is 0. The van der Waals surface area contributed by atoms with Gasteiger partial charge in [-0.15, -0.1) is 0 Å². The molecule has 0 radical (unpaired) electrons. The number of rotatable bonds is 3. The number of nitrogens with one attached hydrogen (secondary N) is 1. The second-order valence-electron chi connectivity index (χ2n) is 4.56. The fourth-order valence-corrected chi connectivity index (χ4v) is 2.56. The van der Waals surface area contributed by atoms with Crippen LogP contribution < -0.4 is 5.32 Å². The standard InChI is InChI=1S/C14H20N2O.C2H6/c1-3-14(17)16-9-12(13(10-16)15-2)11-7-5-4-6-8-11;1-2/h4-8,12-13,15H,3,9-10H2,1-2H3;1-2H3/t12-,13+;/m1./s1. The van der Waals surface area contributed by atoms with Crippen LogP contribution in [-0.2, 0) is 4.79 Å². The Hall–Kier alpha value is -1.35. The van der Waals surface area contributed by atoms with Gasteiger partial charge in [-0.2, -0.15) is 0 Å². The van der Waals surface area contributed by atoms with E-state index in [9.17, 15) is 4.79 Å². The largest absolute Gasteiger partial charge is 0.340 e. The van der Waals surface area contributed by atoms with Gasteiger partial charge in [-0.3, -0.25) is 4.79 Å². The van der Waals surface area contributed by atoms with Crippen LogP contribution in [0, 0.1) is 0 Å². The lowest BCUT2D eigenvalue weighted by Crippen LogP contribution is -2.34. The monoisotopic (exact) mass is 262 g/mol. The van der Waals surface area contributed by atoms with Gasteiger partial charge in [0, 0.05) is 31.5 Å². The zero-order chi connectivity index (χ0) is 14.3. The average Bonchev–Trinajstić information content (AvgIpc) is 2.93. The maximum Gasteiger partial charge on any atom is 0.222 e. The first-order valence-corrected chi connectivity index (χ1v) is 7.26. The average molecular weight is 262 g/mol. The molecular formula is C16H26N2O. The van der Waals surface area contributed by atoms with E-state index >= 15 is 0 Å². The minimum atomic E-state index is 0.253. The summed E-state index contributed by atoms with van der Waals surface area (Å²) in [4.78, 5) is 13.7. The Bertz CT molecular complexity index is 378. The second-order valence-corrected chi connectivity index (χ2v) is 4.56. The summed E-state index contributed by atoms with van der Waals surface area (Å²) in [5.41, 5.74) is 1.32. The Morgan fingerprint density at radius 3 is 2.42 bits per heavy atom. The molecule has 1 fully saturated rings. The zero-order valence-electron chi connectivity index (χ0n) is 12.5. The molecule has 1 aliphatic heterocycles. The van der Waals surface area contributed by atoms with Crippen molar-refractivity contribution in [3.63, 3.8) is 0 Å². The van der Waals surface area contributed by atoms with Crippen LogP contribution in [0.2, 0.25) is 0 Å². The highest BCUT2D eigenvalue weighted by Gasteiger charge is 2.34. The first kappa shape index (κ1) is 15.7. The number of amides is 1. The highest BCUT2D eigenvalue weighted by Crippen LogP contribution is 2.27. The molecule has 0 aliphatic carbocycles. The van der Waals surface area contributed by atoms with Gasteiger partial charge in [0.05, 0.1) is 0 Å². The van der Waals surface area contributed by atoms with Crippen LogP contribution in [-0.4, -0.2) is 37.0 Å². The minimum Gasteiger partial charge on any atom is -0.340 e. The molecule has 2 atom stereocenters. The van der Waals surface area contributed by atoms with E-state index in [-0.39, 0.29) is 5.91 Å². The quantitative estimate of drug-likeness (QED) is 0.908.